The molecule has 0 saturated carbocycles. The van der Waals surface area contributed by atoms with Crippen LogP contribution in [0, 0.1) is 0 Å². The Labute approximate surface area is 237 Å². The molecule has 10 nitrogen and oxygen atoms in total. The van der Waals surface area contributed by atoms with Gasteiger partial charge in [-0.05, 0) is 48.0 Å². The molecule has 2 heterocycles. The minimum atomic E-state index is -3.88. The Bertz CT molecular complexity index is 1230. The van der Waals surface area contributed by atoms with E-state index in [1.54, 1.807) is 17.0 Å². The van der Waals surface area contributed by atoms with Crippen LogP contribution in [0.4, 0.5) is 0 Å². The Morgan fingerprint density at radius 2 is 1.79 bits per heavy atom. The molecule has 1 N–H and O–H groups in total. The number of benzene rings is 2. The van der Waals surface area contributed by atoms with Crippen LogP contribution in [0.5, 0.6) is 5.75 Å². The lowest BCUT2D eigenvalue weighted by Gasteiger charge is -2.33. The Kier molecular flexibility index (Phi) is 10.4. The average Bonchev–Trinajstić information content (AvgIpc) is 2.97. The van der Waals surface area contributed by atoms with E-state index in [-0.39, 0.29) is 48.8 Å². The van der Waals surface area contributed by atoms with Gasteiger partial charge in [-0.15, -0.1) is 0 Å². The van der Waals surface area contributed by atoms with E-state index in [4.69, 9.17) is 18.9 Å². The molecule has 1 fully saturated rings. The van der Waals surface area contributed by atoms with Gasteiger partial charge in [0.15, 0.2) is 5.76 Å². The summed E-state index contributed by atoms with van der Waals surface area (Å²) in [5.74, 6) is 0.390. The zero-order valence-corrected chi connectivity index (χ0v) is 24.1. The molecule has 39 heavy (non-hydrogen) atoms. The number of carbonyl (C=O) groups excluding carboxylic acids is 1. The third-order valence-electron chi connectivity index (χ3n) is 6.56. The number of hydrogen-bond acceptors (Lipinski definition) is 8. The molecular weight excluding hydrogens is 592 g/mol. The molecule has 0 bridgehead atoms. The lowest BCUT2D eigenvalue weighted by atomic mass is 9.93. The Morgan fingerprint density at radius 3 is 2.44 bits per heavy atom. The fraction of sp³-hybridized carbons (Fsp3) is 0.444. The van der Waals surface area contributed by atoms with Gasteiger partial charge in [0.25, 0.3) is 5.91 Å². The first-order valence-electron chi connectivity index (χ1n) is 12.7. The van der Waals surface area contributed by atoms with Crippen molar-refractivity contribution in [2.24, 2.45) is 0 Å². The topological polar surface area (TPSA) is 115 Å². The van der Waals surface area contributed by atoms with Gasteiger partial charge in [-0.25, -0.2) is 8.42 Å². The summed E-state index contributed by atoms with van der Waals surface area (Å²) in [7, 11) is -2.38. The van der Waals surface area contributed by atoms with Gasteiger partial charge in [0.1, 0.15) is 5.75 Å². The van der Waals surface area contributed by atoms with Gasteiger partial charge in [-0.2, -0.15) is 4.31 Å². The van der Waals surface area contributed by atoms with Crippen LogP contribution in [0.3, 0.4) is 0 Å². The predicted octanol–water partition coefficient (Wildman–Crippen LogP) is 2.73. The zero-order valence-electron chi connectivity index (χ0n) is 21.7. The molecule has 12 heteroatoms. The van der Waals surface area contributed by atoms with Crippen molar-refractivity contribution >= 4 is 31.9 Å². The van der Waals surface area contributed by atoms with Crippen molar-refractivity contribution in [3.05, 3.63) is 70.4 Å². The number of nitrogens with zero attached hydrogens (tertiary/aromatic N) is 2. The molecule has 4 rings (SSSR count). The summed E-state index contributed by atoms with van der Waals surface area (Å²) in [5, 5.41) is 9.52. The number of sulfonamides is 1. The summed E-state index contributed by atoms with van der Waals surface area (Å²) in [4.78, 5) is 15.0. The molecule has 0 unspecified atom stereocenters. The van der Waals surface area contributed by atoms with Gasteiger partial charge < -0.3 is 29.0 Å². The number of aliphatic hydroxyl groups is 1. The second-order valence-corrected chi connectivity index (χ2v) is 11.9. The van der Waals surface area contributed by atoms with Gasteiger partial charge in [-0.3, -0.25) is 4.79 Å². The standard InChI is InChI=1S/C27H33BrN2O8S/c1-35-23-6-8-24(9-7-23)39(33,34)30(10-14-31)13-17-37-26-19-21(20-2-4-22(28)5-3-20)18-25(38-26)27(32)29-11-15-36-16-12-29/h2-9,18,21,26,31H,10-17,19H2,1H3/t21-,26+/m1/s1. The molecule has 0 aromatic heterocycles. The van der Waals surface area contributed by atoms with Crippen molar-refractivity contribution in [1.29, 1.82) is 0 Å². The van der Waals surface area contributed by atoms with Crippen molar-refractivity contribution in [3.63, 3.8) is 0 Å². The Morgan fingerprint density at radius 1 is 1.10 bits per heavy atom. The molecule has 2 aliphatic rings. The first-order valence-corrected chi connectivity index (χ1v) is 14.9. The summed E-state index contributed by atoms with van der Waals surface area (Å²) in [5.41, 5.74) is 1.01. The van der Waals surface area contributed by atoms with Gasteiger partial charge in [0.2, 0.25) is 16.3 Å². The number of methoxy groups -OCH3 is 1. The largest absolute Gasteiger partial charge is 0.497 e. The highest BCUT2D eigenvalue weighted by atomic mass is 79.9. The summed E-state index contributed by atoms with van der Waals surface area (Å²) in [6.45, 7) is 1.46. The van der Waals surface area contributed by atoms with E-state index in [0.717, 1.165) is 10.0 Å². The third kappa shape index (κ3) is 7.59. The van der Waals surface area contributed by atoms with Gasteiger partial charge >= 0.3 is 0 Å². The lowest BCUT2D eigenvalue weighted by Crippen LogP contribution is -2.43. The SMILES string of the molecule is COc1ccc(S(=O)(=O)N(CCO)CCO[C@@H]2C[C@H](c3ccc(Br)cc3)C=C(C(=O)N3CCOCC3)O2)cc1. The number of hydrogen-bond donors (Lipinski definition) is 1. The van der Waals surface area contributed by atoms with E-state index in [9.17, 15) is 18.3 Å². The van der Waals surface area contributed by atoms with Crippen molar-refractivity contribution in [2.45, 2.75) is 23.5 Å². The number of aliphatic hydroxyl groups excluding tert-OH is 1. The highest BCUT2D eigenvalue weighted by Gasteiger charge is 2.32. The van der Waals surface area contributed by atoms with Crippen molar-refractivity contribution in [3.8, 4) is 5.75 Å². The summed E-state index contributed by atoms with van der Waals surface area (Å²) >= 11 is 3.45. The molecule has 2 aliphatic heterocycles. The smallest absolute Gasteiger partial charge is 0.288 e. The number of halogens is 1. The maximum Gasteiger partial charge on any atom is 0.288 e. The van der Waals surface area contributed by atoms with Crippen LogP contribution in [0.2, 0.25) is 0 Å². The van der Waals surface area contributed by atoms with Crippen LogP contribution in [0.15, 0.2) is 69.7 Å². The lowest BCUT2D eigenvalue weighted by molar-refractivity contribution is -0.155. The van der Waals surface area contributed by atoms with E-state index in [1.165, 1.54) is 23.5 Å². The number of morpholine rings is 1. The zero-order chi connectivity index (χ0) is 27.8. The summed E-state index contributed by atoms with van der Waals surface area (Å²) in [6, 6.07) is 13.9. The van der Waals surface area contributed by atoms with Crippen LogP contribution < -0.4 is 4.74 Å². The molecule has 0 radical (unpaired) electrons. The molecule has 1 saturated heterocycles. The highest BCUT2D eigenvalue weighted by Crippen LogP contribution is 2.33. The fourth-order valence-electron chi connectivity index (χ4n) is 4.42. The number of allylic oxidation sites excluding steroid dienone is 1. The molecule has 2 aromatic carbocycles. The molecular formula is C27H33BrN2O8S. The van der Waals surface area contributed by atoms with Crippen LogP contribution in [0.25, 0.3) is 0 Å². The number of ether oxygens (including phenoxy) is 4. The van der Waals surface area contributed by atoms with Crippen molar-refractivity contribution in [1.82, 2.24) is 9.21 Å². The predicted molar refractivity (Wildman–Crippen MR) is 147 cm³/mol. The second kappa shape index (κ2) is 13.7. The van der Waals surface area contributed by atoms with E-state index in [1.807, 2.05) is 30.3 Å². The molecule has 0 aliphatic carbocycles. The Hall–Kier alpha value is -2.48. The van der Waals surface area contributed by atoms with Crippen LogP contribution in [-0.4, -0.2) is 94.6 Å². The van der Waals surface area contributed by atoms with Gasteiger partial charge in [0, 0.05) is 43.0 Å². The Balaban J connectivity index is 1.46. The normalized spacial score (nSPS) is 19.9. The van der Waals surface area contributed by atoms with E-state index < -0.39 is 16.3 Å². The van der Waals surface area contributed by atoms with Crippen molar-refractivity contribution < 1.29 is 37.3 Å². The molecule has 1 amide bonds. The quantitative estimate of drug-likeness (QED) is 0.406. The first kappa shape index (κ1) is 29.5. The third-order valence-corrected chi connectivity index (χ3v) is 9.00. The first-order chi connectivity index (χ1) is 18.8. The number of rotatable bonds is 11. The molecule has 212 valence electrons. The monoisotopic (exact) mass is 624 g/mol. The maximum atomic E-state index is 13.2. The van der Waals surface area contributed by atoms with Crippen molar-refractivity contribution in [2.75, 3.05) is 59.7 Å². The van der Waals surface area contributed by atoms with Gasteiger partial charge in [-0.1, -0.05) is 28.1 Å². The maximum absolute atomic E-state index is 13.2. The van der Waals surface area contributed by atoms with E-state index >= 15 is 0 Å². The van der Waals surface area contributed by atoms with Crippen LogP contribution in [0.1, 0.15) is 17.9 Å². The van der Waals surface area contributed by atoms with Crippen LogP contribution >= 0.6 is 15.9 Å². The minimum absolute atomic E-state index is 0.00576. The number of carbonyl (C=O) groups is 1. The van der Waals surface area contributed by atoms with Gasteiger partial charge in [0.05, 0.1) is 38.4 Å². The molecule has 2 aromatic rings. The van der Waals surface area contributed by atoms with E-state index in [0.29, 0.717) is 38.5 Å². The van der Waals surface area contributed by atoms with E-state index in [2.05, 4.69) is 15.9 Å². The molecule has 2 atom stereocenters. The summed E-state index contributed by atoms with van der Waals surface area (Å²) < 4.78 is 51.0. The second-order valence-electron chi connectivity index (χ2n) is 9.05. The highest BCUT2D eigenvalue weighted by molar-refractivity contribution is 9.10. The summed E-state index contributed by atoms with van der Waals surface area (Å²) in [6.07, 6.45) is 1.52. The molecule has 0 spiro atoms. The van der Waals surface area contributed by atoms with Crippen LogP contribution in [-0.2, 0) is 29.0 Å². The number of amides is 1. The minimum Gasteiger partial charge on any atom is -0.497 e. The fourth-order valence-corrected chi connectivity index (χ4v) is 6.10. The average molecular weight is 626 g/mol.